The topological polar surface area (TPSA) is 53.4 Å². The van der Waals surface area contributed by atoms with Gasteiger partial charge in [-0.1, -0.05) is 11.6 Å². The molecule has 0 aliphatic carbocycles. The van der Waals surface area contributed by atoms with Gasteiger partial charge in [-0.25, -0.2) is 4.98 Å². The molecule has 0 radical (unpaired) electrons. The molecule has 0 bridgehead atoms. The van der Waals surface area contributed by atoms with E-state index >= 15 is 0 Å². The van der Waals surface area contributed by atoms with Gasteiger partial charge in [-0.15, -0.1) is 0 Å². The number of halogens is 4. The minimum absolute atomic E-state index is 0.120. The molecule has 20 heavy (non-hydrogen) atoms. The first-order valence-electron chi connectivity index (χ1n) is 5.99. The molecular weight excluding hydrogens is 297 g/mol. The first-order valence-corrected chi connectivity index (χ1v) is 6.37. The lowest BCUT2D eigenvalue weighted by atomic mass is 9.98. The van der Waals surface area contributed by atoms with Crippen molar-refractivity contribution < 1.29 is 23.1 Å². The molecule has 0 aromatic carbocycles. The van der Waals surface area contributed by atoms with Crippen molar-refractivity contribution in [2.75, 3.05) is 18.0 Å². The van der Waals surface area contributed by atoms with Gasteiger partial charge in [0.15, 0.2) is 0 Å². The zero-order valence-corrected chi connectivity index (χ0v) is 11.1. The molecule has 0 saturated carbocycles. The Balaban J connectivity index is 2.23. The third-order valence-electron chi connectivity index (χ3n) is 3.22. The smallest absolute Gasteiger partial charge is 0.417 e. The summed E-state index contributed by atoms with van der Waals surface area (Å²) in [5.74, 6) is -1.27. The van der Waals surface area contributed by atoms with E-state index in [2.05, 4.69) is 4.98 Å². The standard InChI is InChI=1S/C12H12ClF3N2O2/c13-9-4-8(12(14,15)16)5-17-10(9)18-3-1-2-7(6-18)11(19)20/h4-5,7H,1-3,6H2,(H,19,20)/t7-/m1/s1. The molecule has 0 spiro atoms. The van der Waals surface area contributed by atoms with Crippen molar-refractivity contribution >= 4 is 23.4 Å². The van der Waals surface area contributed by atoms with Crippen molar-refractivity contribution in [3.05, 3.63) is 22.8 Å². The Morgan fingerprint density at radius 2 is 2.20 bits per heavy atom. The van der Waals surface area contributed by atoms with E-state index in [1.54, 1.807) is 4.90 Å². The Kier molecular flexibility index (Phi) is 4.08. The van der Waals surface area contributed by atoms with Crippen LogP contribution in [0.2, 0.25) is 5.02 Å². The number of nitrogens with zero attached hydrogens (tertiary/aromatic N) is 2. The van der Waals surface area contributed by atoms with Gasteiger partial charge in [0, 0.05) is 19.3 Å². The zero-order valence-electron chi connectivity index (χ0n) is 10.3. The number of hydrogen-bond donors (Lipinski definition) is 1. The number of carbonyl (C=O) groups is 1. The highest BCUT2D eigenvalue weighted by atomic mass is 35.5. The highest BCUT2D eigenvalue weighted by Crippen LogP contribution is 2.34. The minimum atomic E-state index is -4.50. The van der Waals surface area contributed by atoms with Crippen LogP contribution >= 0.6 is 11.6 Å². The van der Waals surface area contributed by atoms with E-state index < -0.39 is 23.6 Å². The Hall–Kier alpha value is -1.50. The van der Waals surface area contributed by atoms with Gasteiger partial charge in [-0.05, 0) is 18.9 Å². The predicted molar refractivity (Wildman–Crippen MR) is 66.8 cm³/mol. The number of aromatic nitrogens is 1. The van der Waals surface area contributed by atoms with E-state index in [1.807, 2.05) is 0 Å². The van der Waals surface area contributed by atoms with E-state index in [1.165, 1.54) is 0 Å². The normalized spacial score (nSPS) is 20.0. The molecule has 0 unspecified atom stereocenters. The summed E-state index contributed by atoms with van der Waals surface area (Å²) in [6.07, 6.45) is -2.60. The Morgan fingerprint density at radius 3 is 2.75 bits per heavy atom. The highest BCUT2D eigenvalue weighted by Gasteiger charge is 2.33. The summed E-state index contributed by atoms with van der Waals surface area (Å²) in [7, 11) is 0. The van der Waals surface area contributed by atoms with Gasteiger partial charge < -0.3 is 10.0 Å². The SMILES string of the molecule is O=C(O)[C@@H]1CCCN(c2ncc(C(F)(F)F)cc2Cl)C1. The second-order valence-electron chi connectivity index (χ2n) is 4.65. The minimum Gasteiger partial charge on any atom is -0.481 e. The van der Waals surface area contributed by atoms with Crippen LogP contribution in [-0.4, -0.2) is 29.1 Å². The van der Waals surface area contributed by atoms with Crippen molar-refractivity contribution in [1.29, 1.82) is 0 Å². The van der Waals surface area contributed by atoms with Crippen LogP contribution in [0.4, 0.5) is 19.0 Å². The first-order chi connectivity index (χ1) is 9.29. The van der Waals surface area contributed by atoms with Gasteiger partial charge in [0.1, 0.15) is 5.82 Å². The van der Waals surface area contributed by atoms with E-state index in [4.69, 9.17) is 16.7 Å². The van der Waals surface area contributed by atoms with Crippen molar-refractivity contribution in [2.45, 2.75) is 19.0 Å². The van der Waals surface area contributed by atoms with Crippen LogP contribution in [0.15, 0.2) is 12.3 Å². The third-order valence-corrected chi connectivity index (χ3v) is 3.50. The summed E-state index contributed by atoms with van der Waals surface area (Å²) in [4.78, 5) is 16.3. The number of piperidine rings is 1. The second-order valence-corrected chi connectivity index (χ2v) is 5.06. The summed E-state index contributed by atoms with van der Waals surface area (Å²) in [5.41, 5.74) is -0.918. The maximum absolute atomic E-state index is 12.5. The van der Waals surface area contributed by atoms with Gasteiger partial charge in [0.25, 0.3) is 0 Å². The summed E-state index contributed by atoms with van der Waals surface area (Å²) >= 11 is 5.84. The van der Waals surface area contributed by atoms with Gasteiger partial charge in [0.05, 0.1) is 16.5 Å². The van der Waals surface area contributed by atoms with Crippen LogP contribution in [-0.2, 0) is 11.0 Å². The second kappa shape index (κ2) is 5.47. The van der Waals surface area contributed by atoms with Crippen LogP contribution in [0.1, 0.15) is 18.4 Å². The number of carboxylic acid groups (broad SMARTS) is 1. The lowest BCUT2D eigenvalue weighted by molar-refractivity contribution is -0.142. The van der Waals surface area contributed by atoms with Crippen LogP contribution in [0, 0.1) is 5.92 Å². The van der Waals surface area contributed by atoms with Gasteiger partial charge in [0.2, 0.25) is 0 Å². The fraction of sp³-hybridized carbons (Fsp3) is 0.500. The molecule has 4 nitrogen and oxygen atoms in total. The van der Waals surface area contributed by atoms with Gasteiger partial charge in [-0.3, -0.25) is 4.79 Å². The fourth-order valence-corrected chi connectivity index (χ4v) is 2.48. The molecule has 110 valence electrons. The van der Waals surface area contributed by atoms with E-state index in [-0.39, 0.29) is 17.4 Å². The molecule has 1 aliphatic heterocycles. The van der Waals surface area contributed by atoms with Crippen molar-refractivity contribution in [3.8, 4) is 0 Å². The molecule has 1 aromatic rings. The summed E-state index contributed by atoms with van der Waals surface area (Å²) in [5, 5.41) is 8.87. The molecule has 2 heterocycles. The van der Waals surface area contributed by atoms with Crippen molar-refractivity contribution in [1.82, 2.24) is 4.98 Å². The largest absolute Gasteiger partial charge is 0.481 e. The number of pyridine rings is 1. The fourth-order valence-electron chi connectivity index (χ4n) is 2.19. The number of hydrogen-bond acceptors (Lipinski definition) is 3. The first kappa shape index (κ1) is 14.9. The van der Waals surface area contributed by atoms with Gasteiger partial charge >= 0.3 is 12.1 Å². The molecule has 1 N–H and O–H groups in total. The van der Waals surface area contributed by atoms with Crippen LogP contribution < -0.4 is 4.90 Å². The zero-order chi connectivity index (χ0) is 14.9. The molecule has 8 heteroatoms. The number of alkyl halides is 3. The predicted octanol–water partition coefficient (Wildman–Crippen LogP) is 3.05. The number of anilines is 1. The maximum atomic E-state index is 12.5. The lowest BCUT2D eigenvalue weighted by Crippen LogP contribution is -2.39. The van der Waals surface area contributed by atoms with E-state index in [0.29, 0.717) is 25.6 Å². The summed E-state index contributed by atoms with van der Waals surface area (Å²) in [6.45, 7) is 0.731. The average molecular weight is 309 g/mol. The van der Waals surface area contributed by atoms with E-state index in [0.717, 1.165) is 6.07 Å². The van der Waals surface area contributed by atoms with Crippen LogP contribution in [0.25, 0.3) is 0 Å². The summed E-state index contributed by atoms with van der Waals surface area (Å²) < 4.78 is 37.6. The number of aliphatic carboxylic acids is 1. The van der Waals surface area contributed by atoms with Crippen molar-refractivity contribution in [2.24, 2.45) is 5.92 Å². The Labute approximate surface area is 118 Å². The Morgan fingerprint density at radius 1 is 1.50 bits per heavy atom. The molecule has 1 aromatic heterocycles. The molecule has 0 amide bonds. The van der Waals surface area contributed by atoms with Crippen LogP contribution in [0.3, 0.4) is 0 Å². The average Bonchev–Trinajstić information content (AvgIpc) is 2.37. The molecule has 1 atom stereocenters. The van der Waals surface area contributed by atoms with Crippen molar-refractivity contribution in [3.63, 3.8) is 0 Å². The molecule has 1 fully saturated rings. The molecule has 1 saturated heterocycles. The molecular formula is C12H12ClF3N2O2. The number of carboxylic acids is 1. The maximum Gasteiger partial charge on any atom is 0.417 e. The Bertz CT molecular complexity index is 522. The third kappa shape index (κ3) is 3.15. The number of rotatable bonds is 2. The quantitative estimate of drug-likeness (QED) is 0.912. The lowest BCUT2D eigenvalue weighted by Gasteiger charge is -2.32. The molecule has 2 rings (SSSR count). The summed E-state index contributed by atoms with van der Waals surface area (Å²) in [6, 6.07) is 0.814. The molecule has 1 aliphatic rings. The van der Waals surface area contributed by atoms with Crippen LogP contribution in [0.5, 0.6) is 0 Å². The highest BCUT2D eigenvalue weighted by molar-refractivity contribution is 6.33. The van der Waals surface area contributed by atoms with Gasteiger partial charge in [-0.2, -0.15) is 13.2 Å². The van der Waals surface area contributed by atoms with E-state index in [9.17, 15) is 18.0 Å². The monoisotopic (exact) mass is 308 g/mol.